The number of anilines is 1. The second kappa shape index (κ2) is 16.8. The van der Waals surface area contributed by atoms with Crippen molar-refractivity contribution >= 4 is 43.6 Å². The summed E-state index contributed by atoms with van der Waals surface area (Å²) in [6, 6.07) is 17.1. The van der Waals surface area contributed by atoms with Gasteiger partial charge in [-0.1, -0.05) is 31.2 Å². The van der Waals surface area contributed by atoms with Gasteiger partial charge >= 0.3 is 12.1 Å². The fraction of sp³-hybridized carbons (Fsp3) is 0.458. The highest BCUT2D eigenvalue weighted by Gasteiger charge is 2.45. The first kappa shape index (κ1) is 43.0. The zero-order valence-electron chi connectivity index (χ0n) is 37.2. The number of amides is 1. The molecule has 4 aliphatic rings. The number of hydrogen-bond acceptors (Lipinski definition) is 13. The van der Waals surface area contributed by atoms with E-state index in [1.165, 1.54) is 18.5 Å². The second-order valence-corrected chi connectivity index (χ2v) is 20.6. The molecule has 3 aliphatic heterocycles. The Kier molecular flexibility index (Phi) is 11.1. The van der Waals surface area contributed by atoms with Crippen molar-refractivity contribution in [2.75, 3.05) is 31.6 Å². The topological polar surface area (TPSA) is 167 Å². The van der Waals surface area contributed by atoms with Gasteiger partial charge in [-0.25, -0.2) is 14.2 Å². The van der Waals surface area contributed by atoms with Crippen LogP contribution in [-0.4, -0.2) is 103 Å². The van der Waals surface area contributed by atoms with Gasteiger partial charge in [-0.2, -0.15) is 18.4 Å². The average molecular weight is 904 g/mol. The maximum absolute atomic E-state index is 17.4. The van der Waals surface area contributed by atoms with E-state index in [2.05, 4.69) is 27.2 Å². The van der Waals surface area contributed by atoms with E-state index in [0.717, 1.165) is 85.7 Å². The van der Waals surface area contributed by atoms with Crippen LogP contribution in [0.25, 0.3) is 32.9 Å². The first-order valence-electron chi connectivity index (χ1n) is 22.8. The Morgan fingerprint density at radius 3 is 2.42 bits per heavy atom. The number of rotatable bonds is 13. The molecule has 2 atom stereocenters. The molecule has 1 amide bonds. The first-order chi connectivity index (χ1) is 31.3. The van der Waals surface area contributed by atoms with Gasteiger partial charge in [-0.15, -0.1) is 9.19 Å². The Morgan fingerprint density at radius 1 is 0.923 bits per heavy atom. The van der Waals surface area contributed by atoms with Crippen LogP contribution in [0.4, 0.5) is 15.0 Å². The molecule has 340 valence electrons. The van der Waals surface area contributed by atoms with Crippen LogP contribution in [-0.2, 0) is 14.8 Å². The maximum Gasteiger partial charge on any atom is 0.410 e. The number of carbonyl (C=O) groups is 1. The molecule has 0 radical (unpaired) electrons. The Labute approximate surface area is 377 Å². The fourth-order valence-electron chi connectivity index (χ4n) is 9.84. The van der Waals surface area contributed by atoms with Crippen LogP contribution >= 0.6 is 0 Å². The molecular formula is C48H54FN9O6S. The molecule has 17 heteroatoms. The normalized spacial score (nSPS) is 19.8. The van der Waals surface area contributed by atoms with Gasteiger partial charge in [0.1, 0.15) is 47.1 Å². The van der Waals surface area contributed by atoms with E-state index in [4.69, 9.17) is 29.2 Å². The summed E-state index contributed by atoms with van der Waals surface area (Å²) < 4.78 is 63.7. The van der Waals surface area contributed by atoms with Crippen molar-refractivity contribution < 1.29 is 31.8 Å². The summed E-state index contributed by atoms with van der Waals surface area (Å²) in [5, 5.41) is 9.56. The minimum Gasteiger partial charge on any atom is -0.461 e. The molecule has 1 N–H and O–H groups in total. The number of ether oxygens (including phenoxy) is 3. The summed E-state index contributed by atoms with van der Waals surface area (Å²) in [6.07, 6.45) is 11.0. The van der Waals surface area contributed by atoms with Gasteiger partial charge in [0, 0.05) is 30.3 Å². The zero-order chi connectivity index (χ0) is 45.1. The van der Waals surface area contributed by atoms with Crippen molar-refractivity contribution in [1.82, 2.24) is 38.9 Å². The molecule has 1 aliphatic carbocycles. The summed E-state index contributed by atoms with van der Waals surface area (Å²) >= 11 is 0. The van der Waals surface area contributed by atoms with E-state index in [0.29, 0.717) is 47.2 Å². The SMILES string of the molecule is CCC1CCC(CNc2nc(OCC34CCCN3CCC4)nc3c(F)c(-c4cc(Oc5ccc(S(=O)(=O)n6cnc(C7CC7)n6)cc5)cc5ccccc45)ncc23)N1C(=O)OC(C)(C)C. The number of pyridine rings is 1. The number of nitrogens with one attached hydrogen (secondary N) is 1. The van der Waals surface area contributed by atoms with Gasteiger partial charge in [0.25, 0.3) is 10.0 Å². The highest BCUT2D eigenvalue weighted by molar-refractivity contribution is 7.89. The van der Waals surface area contributed by atoms with E-state index >= 15 is 4.39 Å². The lowest BCUT2D eigenvalue weighted by Crippen LogP contribution is -2.46. The molecule has 6 heterocycles. The van der Waals surface area contributed by atoms with Gasteiger partial charge in [0.15, 0.2) is 11.6 Å². The number of hydrogen-bond donors (Lipinski definition) is 1. The molecule has 4 fully saturated rings. The number of carbonyl (C=O) groups excluding carboxylic acids is 1. The number of benzene rings is 3. The lowest BCUT2D eigenvalue weighted by molar-refractivity contribution is 0.0152. The lowest BCUT2D eigenvalue weighted by Gasteiger charge is -2.32. The first-order valence-corrected chi connectivity index (χ1v) is 24.2. The van der Waals surface area contributed by atoms with Gasteiger partial charge in [0.05, 0.1) is 21.9 Å². The van der Waals surface area contributed by atoms with Gasteiger partial charge in [-0.05, 0) is 139 Å². The molecule has 6 aromatic rings. The molecule has 65 heavy (non-hydrogen) atoms. The minimum absolute atomic E-state index is 0.0370. The average Bonchev–Trinajstić information content (AvgIpc) is 3.59. The molecule has 10 rings (SSSR count). The number of aromatic nitrogens is 6. The van der Waals surface area contributed by atoms with E-state index < -0.39 is 21.4 Å². The van der Waals surface area contributed by atoms with Crippen molar-refractivity contribution in [3.63, 3.8) is 0 Å². The Hall–Kier alpha value is -5.94. The van der Waals surface area contributed by atoms with Crippen molar-refractivity contribution in [3.05, 3.63) is 84.8 Å². The molecule has 2 unspecified atom stereocenters. The largest absolute Gasteiger partial charge is 0.461 e. The predicted molar refractivity (Wildman–Crippen MR) is 243 cm³/mol. The van der Waals surface area contributed by atoms with Crippen LogP contribution in [0.1, 0.15) is 97.2 Å². The van der Waals surface area contributed by atoms with E-state index in [9.17, 15) is 13.2 Å². The highest BCUT2D eigenvalue weighted by atomic mass is 32.2. The summed E-state index contributed by atoms with van der Waals surface area (Å²) in [7, 11) is -3.96. The second-order valence-electron chi connectivity index (χ2n) is 18.8. The van der Waals surface area contributed by atoms with E-state index in [1.807, 2.05) is 56.0 Å². The van der Waals surface area contributed by atoms with E-state index in [1.54, 1.807) is 24.4 Å². The number of halogens is 1. The maximum atomic E-state index is 17.4. The number of likely N-dealkylation sites (tertiary alicyclic amines) is 1. The predicted octanol–water partition coefficient (Wildman–Crippen LogP) is 9.08. The lowest BCUT2D eigenvalue weighted by atomic mass is 9.95. The fourth-order valence-corrected chi connectivity index (χ4v) is 10.9. The van der Waals surface area contributed by atoms with Crippen LogP contribution in [0, 0.1) is 5.82 Å². The monoisotopic (exact) mass is 903 g/mol. The Morgan fingerprint density at radius 2 is 1.68 bits per heavy atom. The number of nitrogens with zero attached hydrogens (tertiary/aromatic N) is 8. The van der Waals surface area contributed by atoms with Crippen LogP contribution in [0.3, 0.4) is 0 Å². The molecule has 0 spiro atoms. The summed E-state index contributed by atoms with van der Waals surface area (Å²) in [6.45, 7) is 10.5. The minimum atomic E-state index is -3.96. The summed E-state index contributed by atoms with van der Waals surface area (Å²) in [4.78, 5) is 36.4. The standard InChI is InChI=1S/C48H54FN9O6S/c1-5-32-14-15-33(58(32)46(59)64-47(2,3)4)26-51-44-39-27-50-41(40(49)42(39)53-45(54-44)62-28-48-20-8-22-56(48)23-9-21-48)38-25-35(24-31-10-6-7-11-37(31)38)63-34-16-18-36(19-17-34)65(60,61)57-29-52-43(55-57)30-12-13-30/h6-7,10-11,16-19,24-25,27,29-30,32-33H,5,8-9,12-15,20-23,26,28H2,1-4H3,(H,51,53,54). The Bertz CT molecular complexity index is 2870. The summed E-state index contributed by atoms with van der Waals surface area (Å²) in [5.41, 5.74) is -0.164. The molecule has 3 aromatic heterocycles. The van der Waals surface area contributed by atoms with Crippen molar-refractivity contribution in [1.29, 1.82) is 0 Å². The summed E-state index contributed by atoms with van der Waals surface area (Å²) in [5.74, 6) is 1.22. The third kappa shape index (κ3) is 8.44. The van der Waals surface area contributed by atoms with Crippen LogP contribution in [0.5, 0.6) is 17.5 Å². The molecule has 3 aromatic carbocycles. The molecular weight excluding hydrogens is 850 g/mol. The molecule has 0 bridgehead atoms. The molecule has 1 saturated carbocycles. The third-order valence-electron chi connectivity index (χ3n) is 13.3. The highest BCUT2D eigenvalue weighted by Crippen LogP contribution is 2.41. The van der Waals surface area contributed by atoms with Crippen LogP contribution in [0.15, 0.2) is 78.1 Å². The smallest absolute Gasteiger partial charge is 0.410 e. The van der Waals surface area contributed by atoms with Gasteiger partial charge < -0.3 is 24.4 Å². The van der Waals surface area contributed by atoms with E-state index in [-0.39, 0.29) is 51.8 Å². The third-order valence-corrected chi connectivity index (χ3v) is 14.8. The van der Waals surface area contributed by atoms with Gasteiger partial charge in [-0.3, -0.25) is 9.88 Å². The van der Waals surface area contributed by atoms with Crippen molar-refractivity contribution in [2.24, 2.45) is 0 Å². The van der Waals surface area contributed by atoms with Crippen LogP contribution < -0.4 is 14.8 Å². The molecule has 3 saturated heterocycles. The zero-order valence-corrected chi connectivity index (χ0v) is 38.0. The van der Waals surface area contributed by atoms with Crippen LogP contribution in [0.2, 0.25) is 0 Å². The Balaban J connectivity index is 0.977. The quantitative estimate of drug-likeness (QED) is 0.117. The van der Waals surface area contributed by atoms with Crippen molar-refractivity contribution in [3.8, 4) is 28.8 Å². The molecule has 15 nitrogen and oxygen atoms in total. The number of fused-ring (bicyclic) bond motifs is 3. The van der Waals surface area contributed by atoms with Crippen molar-refractivity contribution in [2.45, 2.75) is 120 Å². The van der Waals surface area contributed by atoms with Gasteiger partial charge in [0.2, 0.25) is 0 Å².